The van der Waals surface area contributed by atoms with E-state index in [9.17, 15) is 5.11 Å². The van der Waals surface area contributed by atoms with Crippen molar-refractivity contribution in [2.24, 2.45) is 5.73 Å². The van der Waals surface area contributed by atoms with Gasteiger partial charge in [0.05, 0.1) is 0 Å². The normalized spacial score (nSPS) is 15.3. The lowest BCUT2D eigenvalue weighted by Crippen LogP contribution is -2.42. The minimum absolute atomic E-state index is 0.0974. The molecule has 1 aromatic rings. The smallest absolute Gasteiger partial charge is 0.119 e. The second-order valence-electron chi connectivity index (χ2n) is 3.24. The Labute approximate surface area is 77.8 Å². The van der Waals surface area contributed by atoms with Crippen molar-refractivity contribution < 1.29 is 10.2 Å². The first-order valence-electron chi connectivity index (χ1n) is 4.30. The number of nitrogens with two attached hydrogens (primary N) is 1. The largest absolute Gasteiger partial charge is 0.396 e. The summed E-state index contributed by atoms with van der Waals surface area (Å²) in [7, 11) is 0. The van der Waals surface area contributed by atoms with Crippen molar-refractivity contribution in [2.75, 3.05) is 6.61 Å². The van der Waals surface area contributed by atoms with Gasteiger partial charge in [-0.1, -0.05) is 30.3 Å². The zero-order valence-corrected chi connectivity index (χ0v) is 7.48. The first kappa shape index (κ1) is 10.2. The fourth-order valence-corrected chi connectivity index (χ4v) is 1.23. The van der Waals surface area contributed by atoms with E-state index in [-0.39, 0.29) is 13.0 Å². The molecule has 1 rings (SSSR count). The maximum absolute atomic E-state index is 9.59. The molecule has 0 spiro atoms. The highest BCUT2D eigenvalue weighted by Gasteiger charge is 2.20. The van der Waals surface area contributed by atoms with Gasteiger partial charge >= 0.3 is 0 Å². The molecule has 13 heavy (non-hydrogen) atoms. The van der Waals surface area contributed by atoms with Gasteiger partial charge in [0.2, 0.25) is 0 Å². The van der Waals surface area contributed by atoms with E-state index >= 15 is 0 Å². The van der Waals surface area contributed by atoms with Crippen LogP contribution < -0.4 is 5.73 Å². The molecule has 0 amide bonds. The van der Waals surface area contributed by atoms with Gasteiger partial charge in [0.1, 0.15) is 5.72 Å². The molecule has 0 aromatic heterocycles. The number of rotatable bonds is 4. The lowest BCUT2D eigenvalue weighted by Gasteiger charge is -2.21. The van der Waals surface area contributed by atoms with Crippen LogP contribution in [0.15, 0.2) is 30.3 Å². The summed E-state index contributed by atoms with van der Waals surface area (Å²) in [6.07, 6.45) is 0.566. The maximum atomic E-state index is 9.59. The van der Waals surface area contributed by atoms with Crippen LogP contribution >= 0.6 is 0 Å². The number of hydrogen-bond donors (Lipinski definition) is 3. The summed E-state index contributed by atoms with van der Waals surface area (Å²) in [6, 6.07) is 9.49. The van der Waals surface area contributed by atoms with Gasteiger partial charge in [-0.2, -0.15) is 0 Å². The third kappa shape index (κ3) is 3.55. The average Bonchev–Trinajstić information content (AvgIpc) is 2.04. The Morgan fingerprint density at radius 1 is 1.23 bits per heavy atom. The molecule has 3 heteroatoms. The number of benzene rings is 1. The highest BCUT2D eigenvalue weighted by atomic mass is 16.3. The monoisotopic (exact) mass is 181 g/mol. The summed E-state index contributed by atoms with van der Waals surface area (Å²) < 4.78 is 0. The summed E-state index contributed by atoms with van der Waals surface area (Å²) in [5.41, 5.74) is 5.23. The molecule has 1 unspecified atom stereocenters. The molecule has 3 nitrogen and oxygen atoms in total. The summed E-state index contributed by atoms with van der Waals surface area (Å²) in [4.78, 5) is 0. The SMILES string of the molecule is NC(O)(CCO)Cc1ccccc1. The zero-order valence-electron chi connectivity index (χ0n) is 7.48. The Balaban J connectivity index is 2.58. The Kier molecular flexibility index (Phi) is 3.42. The predicted molar refractivity (Wildman–Crippen MR) is 51.0 cm³/mol. The van der Waals surface area contributed by atoms with Crippen LogP contribution in [-0.2, 0) is 6.42 Å². The fourth-order valence-electron chi connectivity index (χ4n) is 1.23. The van der Waals surface area contributed by atoms with Crippen LogP contribution in [-0.4, -0.2) is 22.5 Å². The standard InChI is InChI=1S/C10H15NO2/c11-10(13,6-7-12)8-9-4-2-1-3-5-9/h1-5,12-13H,6-8,11H2. The van der Waals surface area contributed by atoms with Crippen LogP contribution in [0, 0.1) is 0 Å². The number of aliphatic hydroxyl groups excluding tert-OH is 1. The molecule has 0 aliphatic carbocycles. The van der Waals surface area contributed by atoms with Crippen molar-refractivity contribution in [1.29, 1.82) is 0 Å². The van der Waals surface area contributed by atoms with Gasteiger partial charge in [0.25, 0.3) is 0 Å². The van der Waals surface area contributed by atoms with Gasteiger partial charge in [-0.15, -0.1) is 0 Å². The van der Waals surface area contributed by atoms with Crippen molar-refractivity contribution in [2.45, 2.75) is 18.6 Å². The van der Waals surface area contributed by atoms with Gasteiger partial charge in [-0.3, -0.25) is 0 Å². The highest BCUT2D eigenvalue weighted by Crippen LogP contribution is 2.10. The van der Waals surface area contributed by atoms with E-state index in [1.54, 1.807) is 0 Å². The van der Waals surface area contributed by atoms with Crippen LogP contribution in [0.1, 0.15) is 12.0 Å². The zero-order chi connectivity index (χ0) is 9.73. The summed E-state index contributed by atoms with van der Waals surface area (Å²) in [5.74, 6) is 0. The van der Waals surface area contributed by atoms with Crippen molar-refractivity contribution in [3.63, 3.8) is 0 Å². The Morgan fingerprint density at radius 3 is 2.38 bits per heavy atom. The summed E-state index contributed by atoms with van der Waals surface area (Å²) >= 11 is 0. The van der Waals surface area contributed by atoms with Crippen LogP contribution in [0.2, 0.25) is 0 Å². The molecule has 0 saturated carbocycles. The van der Waals surface area contributed by atoms with Crippen LogP contribution in [0.4, 0.5) is 0 Å². The minimum atomic E-state index is -1.30. The molecule has 0 fully saturated rings. The Morgan fingerprint density at radius 2 is 1.85 bits per heavy atom. The van der Waals surface area contributed by atoms with Crippen molar-refractivity contribution in [3.8, 4) is 0 Å². The average molecular weight is 181 g/mol. The molecular formula is C10H15NO2. The van der Waals surface area contributed by atoms with Gasteiger partial charge in [0.15, 0.2) is 0 Å². The quantitative estimate of drug-likeness (QED) is 0.584. The molecule has 72 valence electrons. The molecular weight excluding hydrogens is 166 g/mol. The van der Waals surface area contributed by atoms with Crippen molar-refractivity contribution >= 4 is 0 Å². The molecule has 4 N–H and O–H groups in total. The first-order valence-corrected chi connectivity index (χ1v) is 4.30. The molecule has 0 aliphatic heterocycles. The molecule has 1 atom stereocenters. The second kappa shape index (κ2) is 4.37. The Hall–Kier alpha value is -0.900. The summed E-state index contributed by atoms with van der Waals surface area (Å²) in [5, 5.41) is 18.2. The topological polar surface area (TPSA) is 66.5 Å². The molecule has 1 aromatic carbocycles. The number of hydrogen-bond acceptors (Lipinski definition) is 3. The second-order valence-corrected chi connectivity index (χ2v) is 3.24. The van der Waals surface area contributed by atoms with E-state index in [2.05, 4.69) is 0 Å². The van der Waals surface area contributed by atoms with Crippen molar-refractivity contribution in [3.05, 3.63) is 35.9 Å². The van der Waals surface area contributed by atoms with Crippen molar-refractivity contribution in [1.82, 2.24) is 0 Å². The van der Waals surface area contributed by atoms with E-state index in [0.29, 0.717) is 6.42 Å². The van der Waals surface area contributed by atoms with Gasteiger partial charge < -0.3 is 15.9 Å². The fraction of sp³-hybridized carbons (Fsp3) is 0.400. The maximum Gasteiger partial charge on any atom is 0.119 e. The molecule has 0 aliphatic rings. The van der Waals surface area contributed by atoms with E-state index in [4.69, 9.17) is 10.8 Å². The minimum Gasteiger partial charge on any atom is -0.396 e. The third-order valence-corrected chi connectivity index (χ3v) is 1.90. The molecule has 0 radical (unpaired) electrons. The van der Waals surface area contributed by atoms with Crippen LogP contribution in [0.3, 0.4) is 0 Å². The summed E-state index contributed by atoms with van der Waals surface area (Å²) in [6.45, 7) is -0.0974. The van der Waals surface area contributed by atoms with E-state index in [1.807, 2.05) is 30.3 Å². The van der Waals surface area contributed by atoms with Gasteiger partial charge in [-0.25, -0.2) is 0 Å². The van der Waals surface area contributed by atoms with Gasteiger partial charge in [0, 0.05) is 19.4 Å². The third-order valence-electron chi connectivity index (χ3n) is 1.90. The highest BCUT2D eigenvalue weighted by molar-refractivity contribution is 5.16. The molecule has 0 bridgehead atoms. The molecule has 0 saturated heterocycles. The lowest BCUT2D eigenvalue weighted by molar-refractivity contribution is 0.0220. The van der Waals surface area contributed by atoms with E-state index in [1.165, 1.54) is 0 Å². The predicted octanol–water partition coefficient (Wildman–Crippen LogP) is 0.259. The Bertz CT molecular complexity index is 246. The van der Waals surface area contributed by atoms with E-state index in [0.717, 1.165) is 5.56 Å². The molecule has 0 heterocycles. The lowest BCUT2D eigenvalue weighted by atomic mass is 10.0. The van der Waals surface area contributed by atoms with Crippen LogP contribution in [0.5, 0.6) is 0 Å². The number of aliphatic hydroxyl groups is 2. The first-order chi connectivity index (χ1) is 6.14. The van der Waals surface area contributed by atoms with E-state index < -0.39 is 5.72 Å². The van der Waals surface area contributed by atoms with Crippen LogP contribution in [0.25, 0.3) is 0 Å². The van der Waals surface area contributed by atoms with Gasteiger partial charge in [-0.05, 0) is 5.56 Å².